The molecule has 2 saturated heterocycles. The molecule has 35 heavy (non-hydrogen) atoms. The SMILES string of the molecule is CCCn1c(CCC(=O)N2CCC(n3ccnc3)CC2)nc2cc(S(=O)(=O)N3CCCC3)ccc21. The number of piperidine rings is 1. The first-order valence-corrected chi connectivity index (χ1v) is 14.2. The highest BCUT2D eigenvalue weighted by Gasteiger charge is 2.28. The molecule has 0 bridgehead atoms. The van der Waals surface area contributed by atoms with Crippen molar-refractivity contribution in [1.82, 2.24) is 28.3 Å². The van der Waals surface area contributed by atoms with E-state index in [9.17, 15) is 13.2 Å². The molecule has 0 unspecified atom stereocenters. The minimum Gasteiger partial charge on any atom is -0.343 e. The van der Waals surface area contributed by atoms with Gasteiger partial charge in [0.1, 0.15) is 5.82 Å². The van der Waals surface area contributed by atoms with Crippen molar-refractivity contribution in [3.63, 3.8) is 0 Å². The summed E-state index contributed by atoms with van der Waals surface area (Å²) < 4.78 is 31.9. The maximum atomic E-state index is 13.0. The van der Waals surface area contributed by atoms with Gasteiger partial charge in [0.25, 0.3) is 0 Å². The van der Waals surface area contributed by atoms with Crippen molar-refractivity contribution < 1.29 is 13.2 Å². The fraction of sp³-hybridized carbons (Fsp3) is 0.560. The molecule has 1 aromatic carbocycles. The third kappa shape index (κ3) is 4.86. The van der Waals surface area contributed by atoms with E-state index in [4.69, 9.17) is 4.98 Å². The predicted molar refractivity (Wildman–Crippen MR) is 133 cm³/mol. The van der Waals surface area contributed by atoms with Crippen LogP contribution in [0.25, 0.3) is 11.0 Å². The molecule has 9 nitrogen and oxygen atoms in total. The largest absolute Gasteiger partial charge is 0.343 e. The Morgan fingerprint density at radius 2 is 1.89 bits per heavy atom. The molecule has 2 aliphatic rings. The van der Waals surface area contributed by atoms with Crippen LogP contribution in [-0.4, -0.2) is 68.8 Å². The molecule has 0 N–H and O–H groups in total. The van der Waals surface area contributed by atoms with Crippen molar-refractivity contribution in [1.29, 1.82) is 0 Å². The zero-order chi connectivity index (χ0) is 24.4. The van der Waals surface area contributed by atoms with E-state index in [1.807, 2.05) is 23.5 Å². The molecule has 1 amide bonds. The van der Waals surface area contributed by atoms with Crippen LogP contribution in [0.3, 0.4) is 0 Å². The summed E-state index contributed by atoms with van der Waals surface area (Å²) in [5, 5.41) is 0. The van der Waals surface area contributed by atoms with E-state index in [1.165, 1.54) is 0 Å². The summed E-state index contributed by atoms with van der Waals surface area (Å²) in [6.45, 7) is 5.57. The molecule has 0 radical (unpaired) electrons. The minimum absolute atomic E-state index is 0.154. The van der Waals surface area contributed by atoms with Crippen LogP contribution in [0.15, 0.2) is 41.8 Å². The lowest BCUT2D eigenvalue weighted by Crippen LogP contribution is -2.39. The summed E-state index contributed by atoms with van der Waals surface area (Å²) in [5.74, 6) is 1.00. The Morgan fingerprint density at radius 3 is 2.57 bits per heavy atom. The van der Waals surface area contributed by atoms with Gasteiger partial charge in [-0.3, -0.25) is 4.79 Å². The third-order valence-corrected chi connectivity index (χ3v) is 9.17. The first-order chi connectivity index (χ1) is 17.0. The highest BCUT2D eigenvalue weighted by Crippen LogP contribution is 2.27. The number of nitrogens with zero attached hydrogens (tertiary/aromatic N) is 6. The van der Waals surface area contributed by atoms with Crippen LogP contribution in [0.5, 0.6) is 0 Å². The lowest BCUT2D eigenvalue weighted by molar-refractivity contribution is -0.132. The van der Waals surface area contributed by atoms with E-state index >= 15 is 0 Å². The lowest BCUT2D eigenvalue weighted by Gasteiger charge is -2.32. The number of aromatic nitrogens is 4. The minimum atomic E-state index is -3.49. The van der Waals surface area contributed by atoms with Gasteiger partial charge in [-0.15, -0.1) is 0 Å². The molecule has 2 fully saturated rings. The summed E-state index contributed by atoms with van der Waals surface area (Å²) in [5.41, 5.74) is 1.61. The highest BCUT2D eigenvalue weighted by atomic mass is 32.2. The van der Waals surface area contributed by atoms with E-state index in [0.717, 1.165) is 63.1 Å². The van der Waals surface area contributed by atoms with Gasteiger partial charge in [-0.1, -0.05) is 6.92 Å². The molecular weight excluding hydrogens is 464 g/mol. The second-order valence-electron chi connectivity index (χ2n) is 9.56. The van der Waals surface area contributed by atoms with Crippen LogP contribution >= 0.6 is 0 Å². The molecule has 2 aromatic heterocycles. The van der Waals surface area contributed by atoms with Crippen molar-refractivity contribution in [3.8, 4) is 0 Å². The van der Waals surface area contributed by atoms with E-state index in [2.05, 4.69) is 21.0 Å². The van der Waals surface area contributed by atoms with Gasteiger partial charge in [-0.2, -0.15) is 4.31 Å². The van der Waals surface area contributed by atoms with Crippen molar-refractivity contribution in [3.05, 3.63) is 42.7 Å². The number of hydrogen-bond acceptors (Lipinski definition) is 5. The van der Waals surface area contributed by atoms with Crippen molar-refractivity contribution >= 4 is 27.0 Å². The Hall–Kier alpha value is -2.72. The van der Waals surface area contributed by atoms with Crippen LogP contribution in [-0.2, 0) is 27.8 Å². The summed E-state index contributed by atoms with van der Waals surface area (Å²) >= 11 is 0. The fourth-order valence-electron chi connectivity index (χ4n) is 5.34. The normalized spacial score (nSPS) is 18.0. The number of sulfonamides is 1. The third-order valence-electron chi connectivity index (χ3n) is 7.27. The first-order valence-electron chi connectivity index (χ1n) is 12.7. The van der Waals surface area contributed by atoms with E-state index < -0.39 is 10.0 Å². The number of aryl methyl sites for hydroxylation is 2. The Kier molecular flexibility index (Phi) is 6.93. The summed E-state index contributed by atoms with van der Waals surface area (Å²) in [7, 11) is -3.49. The first kappa shape index (κ1) is 24.0. The fourth-order valence-corrected chi connectivity index (χ4v) is 6.87. The second kappa shape index (κ2) is 10.1. The number of carbonyl (C=O) groups is 1. The molecule has 0 spiro atoms. The number of amides is 1. The van der Waals surface area contributed by atoms with Gasteiger partial charge in [0.2, 0.25) is 15.9 Å². The summed E-state index contributed by atoms with van der Waals surface area (Å²) in [4.78, 5) is 24.2. The van der Waals surface area contributed by atoms with Gasteiger partial charge in [-0.05, 0) is 50.3 Å². The van der Waals surface area contributed by atoms with E-state index in [0.29, 0.717) is 42.4 Å². The topological polar surface area (TPSA) is 93.3 Å². The molecule has 0 saturated carbocycles. The van der Waals surface area contributed by atoms with Gasteiger partial charge < -0.3 is 14.0 Å². The number of rotatable bonds is 8. The molecule has 2 aliphatic heterocycles. The molecule has 0 atom stereocenters. The van der Waals surface area contributed by atoms with Crippen LogP contribution in [0, 0.1) is 0 Å². The average Bonchev–Trinajstić information content (AvgIpc) is 3.65. The van der Waals surface area contributed by atoms with Crippen LogP contribution < -0.4 is 0 Å². The smallest absolute Gasteiger partial charge is 0.243 e. The van der Waals surface area contributed by atoms with E-state index in [-0.39, 0.29) is 5.91 Å². The van der Waals surface area contributed by atoms with Crippen LogP contribution in [0.4, 0.5) is 0 Å². The van der Waals surface area contributed by atoms with Crippen molar-refractivity contribution in [2.45, 2.75) is 69.4 Å². The molecule has 4 heterocycles. The number of hydrogen-bond donors (Lipinski definition) is 0. The number of benzene rings is 1. The zero-order valence-electron chi connectivity index (χ0n) is 20.3. The molecule has 5 rings (SSSR count). The van der Waals surface area contributed by atoms with E-state index in [1.54, 1.807) is 22.6 Å². The van der Waals surface area contributed by atoms with Gasteiger partial charge in [0, 0.05) is 64.0 Å². The van der Waals surface area contributed by atoms with Gasteiger partial charge in [0.15, 0.2) is 0 Å². The van der Waals surface area contributed by atoms with Gasteiger partial charge in [0.05, 0.1) is 22.3 Å². The summed E-state index contributed by atoms with van der Waals surface area (Å²) in [6, 6.07) is 5.67. The molecule has 10 heteroatoms. The van der Waals surface area contributed by atoms with Crippen LogP contribution in [0.2, 0.25) is 0 Å². The Labute approximate surface area is 206 Å². The Bertz CT molecular complexity index is 1270. The average molecular weight is 499 g/mol. The number of likely N-dealkylation sites (tertiary alicyclic amines) is 1. The zero-order valence-corrected chi connectivity index (χ0v) is 21.2. The number of carbonyl (C=O) groups excluding carboxylic acids is 1. The number of fused-ring (bicyclic) bond motifs is 1. The Balaban J connectivity index is 1.28. The van der Waals surface area contributed by atoms with Crippen molar-refractivity contribution in [2.24, 2.45) is 0 Å². The molecule has 0 aliphatic carbocycles. The quantitative estimate of drug-likeness (QED) is 0.475. The standard InChI is InChI=1S/C25H34N6O3S/c1-2-12-31-23-6-5-21(35(33,34)30-13-3-4-14-30)18-22(23)27-24(31)7-8-25(32)28-15-9-20(10-16-28)29-17-11-26-19-29/h5-6,11,17-20H,2-4,7-10,12-16H2,1H3. The van der Waals surface area contributed by atoms with Crippen molar-refractivity contribution in [2.75, 3.05) is 26.2 Å². The monoisotopic (exact) mass is 498 g/mol. The van der Waals surface area contributed by atoms with Gasteiger partial charge >= 0.3 is 0 Å². The number of imidazole rings is 2. The van der Waals surface area contributed by atoms with Gasteiger partial charge in [-0.25, -0.2) is 18.4 Å². The molecule has 188 valence electrons. The molecular formula is C25H34N6O3S. The lowest BCUT2D eigenvalue weighted by atomic mass is 10.0. The maximum absolute atomic E-state index is 13.0. The summed E-state index contributed by atoms with van der Waals surface area (Å²) in [6.07, 6.45) is 11.2. The Morgan fingerprint density at radius 1 is 1.11 bits per heavy atom. The second-order valence-corrected chi connectivity index (χ2v) is 11.5. The van der Waals surface area contributed by atoms with Crippen LogP contribution in [0.1, 0.15) is 57.3 Å². The predicted octanol–water partition coefficient (Wildman–Crippen LogP) is 3.22. The maximum Gasteiger partial charge on any atom is 0.243 e. The highest BCUT2D eigenvalue weighted by molar-refractivity contribution is 7.89. The molecule has 3 aromatic rings.